The zero-order valence-electron chi connectivity index (χ0n) is 14.6. The van der Waals surface area contributed by atoms with Crippen LogP contribution in [0, 0.1) is 0 Å². The number of halogens is 1. The highest BCUT2D eigenvalue weighted by molar-refractivity contribution is 14.0. The molecule has 0 saturated carbocycles. The number of aromatic nitrogens is 1. The van der Waals surface area contributed by atoms with Crippen LogP contribution in [-0.2, 0) is 12.8 Å². The summed E-state index contributed by atoms with van der Waals surface area (Å²) in [5.74, 6) is 0.457. The van der Waals surface area contributed by atoms with E-state index in [4.69, 9.17) is 10.7 Å². The fourth-order valence-electron chi connectivity index (χ4n) is 2.81. The largest absolute Gasteiger partial charge is 0.370 e. The normalized spacial score (nSPS) is 14.4. The fourth-order valence-corrected chi connectivity index (χ4v) is 3.73. The molecule has 1 aliphatic heterocycles. The predicted molar refractivity (Wildman–Crippen MR) is 119 cm³/mol. The first-order valence-electron chi connectivity index (χ1n) is 8.60. The van der Waals surface area contributed by atoms with Gasteiger partial charge < -0.3 is 16.0 Å². The Morgan fingerprint density at radius 2 is 2.16 bits per heavy atom. The molecule has 2 aromatic rings. The average Bonchev–Trinajstić information content (AvgIpc) is 3.26. The van der Waals surface area contributed by atoms with Crippen molar-refractivity contribution in [2.24, 2.45) is 10.7 Å². The molecule has 3 N–H and O–H groups in total. The number of hydrogen-bond donors (Lipinski definition) is 2. The van der Waals surface area contributed by atoms with E-state index < -0.39 is 0 Å². The number of nitrogens with zero attached hydrogens (tertiary/aromatic N) is 3. The molecule has 1 fully saturated rings. The molecule has 2 heterocycles. The van der Waals surface area contributed by atoms with Crippen LogP contribution in [0.25, 0.3) is 0 Å². The highest BCUT2D eigenvalue weighted by Gasteiger charge is 2.15. The second kappa shape index (κ2) is 9.96. The number of aryl methyl sites for hydroxylation is 1. The summed E-state index contributed by atoms with van der Waals surface area (Å²) in [5, 5.41) is 6.44. The van der Waals surface area contributed by atoms with E-state index in [1.165, 1.54) is 18.4 Å². The van der Waals surface area contributed by atoms with E-state index in [0.29, 0.717) is 12.5 Å². The van der Waals surface area contributed by atoms with Crippen LogP contribution in [0.5, 0.6) is 0 Å². The number of nitrogens with one attached hydrogen (secondary N) is 1. The number of thiazole rings is 1. The minimum Gasteiger partial charge on any atom is -0.370 e. The van der Waals surface area contributed by atoms with Crippen molar-refractivity contribution in [3.05, 3.63) is 40.9 Å². The minimum absolute atomic E-state index is 0. The Morgan fingerprint density at radius 3 is 2.92 bits per heavy atom. The number of benzene rings is 1. The third-order valence-electron chi connectivity index (χ3n) is 4.17. The Morgan fingerprint density at radius 1 is 1.36 bits per heavy atom. The number of nitrogens with two attached hydrogens (primary N) is 1. The molecule has 0 radical (unpaired) electrons. The Kier molecular flexibility index (Phi) is 7.95. The second-order valence-electron chi connectivity index (χ2n) is 6.01. The van der Waals surface area contributed by atoms with Crippen molar-refractivity contribution >= 4 is 52.1 Å². The minimum atomic E-state index is 0. The molecule has 1 aromatic heterocycles. The van der Waals surface area contributed by atoms with Gasteiger partial charge in [-0.3, -0.25) is 4.99 Å². The summed E-state index contributed by atoms with van der Waals surface area (Å²) in [5.41, 5.74) is 9.35. The van der Waals surface area contributed by atoms with Gasteiger partial charge in [-0.1, -0.05) is 19.1 Å². The molecule has 1 saturated heterocycles. The SMILES string of the molecule is CCc1cccc(NC(N)=NCCc2csc(N3CCCC3)n2)c1.I. The second-order valence-corrected chi connectivity index (χ2v) is 6.85. The molecule has 5 nitrogen and oxygen atoms in total. The van der Waals surface area contributed by atoms with Gasteiger partial charge in [-0.15, -0.1) is 35.3 Å². The van der Waals surface area contributed by atoms with Crippen LogP contribution in [0.3, 0.4) is 0 Å². The monoisotopic (exact) mass is 471 g/mol. The van der Waals surface area contributed by atoms with Gasteiger partial charge in [0.1, 0.15) is 0 Å². The van der Waals surface area contributed by atoms with Crippen LogP contribution < -0.4 is 16.0 Å². The van der Waals surface area contributed by atoms with Gasteiger partial charge in [0.05, 0.1) is 5.69 Å². The van der Waals surface area contributed by atoms with E-state index in [2.05, 4.69) is 39.6 Å². The lowest BCUT2D eigenvalue weighted by atomic mass is 10.1. The van der Waals surface area contributed by atoms with Gasteiger partial charge in [-0.25, -0.2) is 4.98 Å². The van der Waals surface area contributed by atoms with Crippen molar-refractivity contribution in [2.75, 3.05) is 29.9 Å². The molecule has 1 aliphatic rings. The van der Waals surface area contributed by atoms with Crippen molar-refractivity contribution in [1.82, 2.24) is 4.98 Å². The summed E-state index contributed by atoms with van der Waals surface area (Å²) < 4.78 is 0. The Balaban J connectivity index is 0.00000225. The zero-order chi connectivity index (χ0) is 16.8. The zero-order valence-corrected chi connectivity index (χ0v) is 17.7. The summed E-state index contributed by atoms with van der Waals surface area (Å²) >= 11 is 1.73. The summed E-state index contributed by atoms with van der Waals surface area (Å²) in [6, 6.07) is 8.25. The first-order chi connectivity index (χ1) is 11.7. The van der Waals surface area contributed by atoms with Crippen LogP contribution in [0.1, 0.15) is 31.0 Å². The lowest BCUT2D eigenvalue weighted by Gasteiger charge is -2.12. The molecule has 0 amide bonds. The third-order valence-corrected chi connectivity index (χ3v) is 5.12. The first kappa shape index (κ1) is 20.0. The molecule has 136 valence electrons. The Bertz CT molecular complexity index is 694. The Labute approximate surface area is 170 Å². The van der Waals surface area contributed by atoms with Crippen molar-refractivity contribution in [3.8, 4) is 0 Å². The van der Waals surface area contributed by atoms with Gasteiger partial charge in [0, 0.05) is 37.1 Å². The highest BCUT2D eigenvalue weighted by Crippen LogP contribution is 2.24. The maximum atomic E-state index is 5.98. The van der Waals surface area contributed by atoms with Crippen LogP contribution in [0.2, 0.25) is 0 Å². The Hall–Kier alpha value is -1.35. The molecule has 0 bridgehead atoms. The summed E-state index contributed by atoms with van der Waals surface area (Å²) in [6.07, 6.45) is 4.39. The van der Waals surface area contributed by atoms with Crippen molar-refractivity contribution in [2.45, 2.75) is 32.6 Å². The predicted octanol–water partition coefficient (Wildman–Crippen LogP) is 3.89. The van der Waals surface area contributed by atoms with Crippen LogP contribution >= 0.6 is 35.3 Å². The third kappa shape index (κ3) is 5.85. The molecule has 0 aliphatic carbocycles. The average molecular weight is 471 g/mol. The molecule has 1 aromatic carbocycles. The van der Waals surface area contributed by atoms with Crippen molar-refractivity contribution in [1.29, 1.82) is 0 Å². The van der Waals surface area contributed by atoms with E-state index in [9.17, 15) is 0 Å². The maximum Gasteiger partial charge on any atom is 0.193 e. The lowest BCUT2D eigenvalue weighted by molar-refractivity contribution is 0.907. The van der Waals surface area contributed by atoms with Gasteiger partial charge in [0.25, 0.3) is 0 Å². The molecule has 7 heteroatoms. The highest BCUT2D eigenvalue weighted by atomic mass is 127. The quantitative estimate of drug-likeness (QED) is 0.381. The van der Waals surface area contributed by atoms with Gasteiger partial charge in [-0.05, 0) is 37.0 Å². The van der Waals surface area contributed by atoms with E-state index >= 15 is 0 Å². The van der Waals surface area contributed by atoms with Crippen molar-refractivity contribution in [3.63, 3.8) is 0 Å². The number of rotatable bonds is 6. The van der Waals surface area contributed by atoms with Crippen LogP contribution in [-0.4, -0.2) is 30.6 Å². The van der Waals surface area contributed by atoms with Gasteiger partial charge in [0.15, 0.2) is 11.1 Å². The molecule has 25 heavy (non-hydrogen) atoms. The van der Waals surface area contributed by atoms with E-state index in [1.54, 1.807) is 11.3 Å². The van der Waals surface area contributed by atoms with Gasteiger partial charge in [-0.2, -0.15) is 0 Å². The maximum absolute atomic E-state index is 5.98. The summed E-state index contributed by atoms with van der Waals surface area (Å²) in [6.45, 7) is 5.06. The smallest absolute Gasteiger partial charge is 0.193 e. The lowest BCUT2D eigenvalue weighted by Crippen LogP contribution is -2.23. The number of aliphatic imine (C=N–C) groups is 1. The molecule has 3 rings (SSSR count). The van der Waals surface area contributed by atoms with Gasteiger partial charge >= 0.3 is 0 Å². The van der Waals surface area contributed by atoms with E-state index in [0.717, 1.165) is 42.4 Å². The number of anilines is 2. The first-order valence-corrected chi connectivity index (χ1v) is 9.48. The fraction of sp³-hybridized carbons (Fsp3) is 0.444. The molecule has 0 spiro atoms. The van der Waals surface area contributed by atoms with Crippen molar-refractivity contribution < 1.29 is 0 Å². The van der Waals surface area contributed by atoms with E-state index in [1.807, 2.05) is 12.1 Å². The summed E-state index contributed by atoms with van der Waals surface area (Å²) in [4.78, 5) is 11.5. The number of guanidine groups is 1. The molecular weight excluding hydrogens is 445 g/mol. The summed E-state index contributed by atoms with van der Waals surface area (Å²) in [7, 11) is 0. The topological polar surface area (TPSA) is 66.5 Å². The molecule has 0 atom stereocenters. The molecule has 0 unspecified atom stereocenters. The van der Waals surface area contributed by atoms with Crippen LogP contribution in [0.4, 0.5) is 10.8 Å². The number of hydrogen-bond acceptors (Lipinski definition) is 4. The molecular formula is C18H26IN5S. The van der Waals surface area contributed by atoms with Crippen LogP contribution in [0.15, 0.2) is 34.6 Å². The standard InChI is InChI=1S/C18H25N5S.HI/c1-2-14-6-5-7-15(12-14)21-17(19)20-9-8-16-13-24-18(22-16)23-10-3-4-11-23;/h5-7,12-13H,2-4,8-11H2,1H3,(H3,19,20,21);1H. The van der Waals surface area contributed by atoms with E-state index in [-0.39, 0.29) is 24.0 Å². The van der Waals surface area contributed by atoms with Gasteiger partial charge in [0.2, 0.25) is 0 Å².